The zero-order valence-electron chi connectivity index (χ0n) is 11.4. The maximum atomic E-state index is 12.6. The molecule has 0 aliphatic rings. The van der Waals surface area contributed by atoms with Crippen molar-refractivity contribution in [3.63, 3.8) is 0 Å². The molecule has 0 bridgehead atoms. The van der Waals surface area contributed by atoms with E-state index in [1.807, 2.05) is 74.5 Å². The van der Waals surface area contributed by atoms with Gasteiger partial charge in [0.1, 0.15) is 0 Å². The van der Waals surface area contributed by atoms with Gasteiger partial charge in [-0.15, -0.1) is 0 Å². The van der Waals surface area contributed by atoms with Crippen LogP contribution in [0, 0.1) is 5.41 Å². The molecule has 2 aromatic carbocycles. The molecule has 0 saturated heterocycles. The summed E-state index contributed by atoms with van der Waals surface area (Å²) in [5.41, 5.74) is 1.98. The van der Waals surface area contributed by atoms with E-state index in [1.165, 1.54) is 0 Å². The highest BCUT2D eigenvalue weighted by Crippen LogP contribution is 2.36. The largest absolute Gasteiger partial charge is 0.293 e. The maximum Gasteiger partial charge on any atom is 0.172 e. The number of Topliss-reactive ketones (excluding diaryl/α,β-unsaturated/α-hetero) is 1. The minimum absolute atomic E-state index is 0.0990. The number of allylic oxidation sites excluding steroid dienone is 1. The van der Waals surface area contributed by atoms with Gasteiger partial charge < -0.3 is 0 Å². The fraction of sp³-hybridized carbons (Fsp3) is 0.167. The Hall–Kier alpha value is -2.15. The van der Waals surface area contributed by atoms with Crippen molar-refractivity contribution >= 4 is 11.4 Å². The normalized spacial score (nSPS) is 11.1. The summed E-state index contributed by atoms with van der Waals surface area (Å²) in [7, 11) is 0. The Morgan fingerprint density at radius 3 is 1.74 bits per heavy atom. The van der Waals surface area contributed by atoms with Crippen LogP contribution in [0.2, 0.25) is 0 Å². The molecule has 2 aromatic rings. The molecule has 1 heteroatoms. The highest BCUT2D eigenvalue weighted by atomic mass is 16.1. The quantitative estimate of drug-likeness (QED) is 0.724. The third-order valence-corrected chi connectivity index (χ3v) is 3.48. The lowest BCUT2D eigenvalue weighted by atomic mass is 9.75. The Morgan fingerprint density at radius 1 is 0.842 bits per heavy atom. The van der Waals surface area contributed by atoms with Gasteiger partial charge in [-0.05, 0) is 25.0 Å². The molecule has 0 aliphatic heterocycles. The minimum atomic E-state index is -0.608. The first-order valence-corrected chi connectivity index (χ1v) is 6.38. The van der Waals surface area contributed by atoms with Crippen molar-refractivity contribution in [2.24, 2.45) is 5.41 Å². The van der Waals surface area contributed by atoms with Gasteiger partial charge in [-0.1, -0.05) is 67.2 Å². The predicted octanol–water partition coefficient (Wildman–Crippen LogP) is 4.61. The number of ketones is 1. The zero-order chi connectivity index (χ0) is 13.9. The summed E-state index contributed by atoms with van der Waals surface area (Å²) >= 11 is 0. The highest BCUT2D eigenvalue weighted by Gasteiger charge is 2.32. The predicted molar refractivity (Wildman–Crippen MR) is 80.0 cm³/mol. The van der Waals surface area contributed by atoms with Crippen molar-refractivity contribution in [2.75, 3.05) is 0 Å². The van der Waals surface area contributed by atoms with Crippen LogP contribution < -0.4 is 0 Å². The average Bonchev–Trinajstić information content (AvgIpc) is 2.47. The standard InChI is InChI=1S/C18H18O/c1-14(15-10-6-4-7-11-15)18(2,3)17(19)16-12-8-5-9-13-16/h4-13H,1H2,2-3H3. The summed E-state index contributed by atoms with van der Waals surface area (Å²) in [6.07, 6.45) is 0. The van der Waals surface area contributed by atoms with Crippen molar-refractivity contribution in [2.45, 2.75) is 13.8 Å². The van der Waals surface area contributed by atoms with Crippen molar-refractivity contribution in [1.82, 2.24) is 0 Å². The van der Waals surface area contributed by atoms with Gasteiger partial charge in [-0.2, -0.15) is 0 Å². The maximum absolute atomic E-state index is 12.6. The molecule has 0 spiro atoms. The van der Waals surface area contributed by atoms with E-state index in [0.717, 1.165) is 16.7 Å². The Morgan fingerprint density at radius 2 is 1.26 bits per heavy atom. The molecular weight excluding hydrogens is 232 g/mol. The van der Waals surface area contributed by atoms with E-state index in [0.29, 0.717) is 0 Å². The number of carbonyl (C=O) groups excluding carboxylic acids is 1. The number of carbonyl (C=O) groups is 1. The van der Waals surface area contributed by atoms with Crippen LogP contribution in [0.3, 0.4) is 0 Å². The average molecular weight is 250 g/mol. The molecule has 96 valence electrons. The minimum Gasteiger partial charge on any atom is -0.293 e. The fourth-order valence-electron chi connectivity index (χ4n) is 2.09. The smallest absolute Gasteiger partial charge is 0.172 e. The second-order valence-electron chi connectivity index (χ2n) is 5.16. The van der Waals surface area contributed by atoms with E-state index in [4.69, 9.17) is 0 Å². The summed E-state index contributed by atoms with van der Waals surface area (Å²) in [6.45, 7) is 7.98. The number of hydrogen-bond donors (Lipinski definition) is 0. The molecule has 0 fully saturated rings. The lowest BCUT2D eigenvalue weighted by Gasteiger charge is -2.26. The third-order valence-electron chi connectivity index (χ3n) is 3.48. The number of benzene rings is 2. The Labute approximate surface area is 114 Å². The lowest BCUT2D eigenvalue weighted by Crippen LogP contribution is -2.25. The van der Waals surface area contributed by atoms with Crippen LogP contribution in [-0.2, 0) is 0 Å². The van der Waals surface area contributed by atoms with E-state index in [2.05, 4.69) is 6.58 Å². The van der Waals surface area contributed by atoms with Gasteiger partial charge in [0.05, 0.1) is 5.41 Å². The summed E-state index contributed by atoms with van der Waals surface area (Å²) in [5.74, 6) is 0.0990. The molecule has 2 rings (SSSR count). The van der Waals surface area contributed by atoms with Crippen LogP contribution in [0.1, 0.15) is 29.8 Å². The summed E-state index contributed by atoms with van der Waals surface area (Å²) in [6, 6.07) is 19.2. The summed E-state index contributed by atoms with van der Waals surface area (Å²) in [5, 5.41) is 0. The number of rotatable bonds is 4. The third kappa shape index (κ3) is 2.65. The van der Waals surface area contributed by atoms with Gasteiger partial charge in [0.25, 0.3) is 0 Å². The number of hydrogen-bond acceptors (Lipinski definition) is 1. The monoisotopic (exact) mass is 250 g/mol. The van der Waals surface area contributed by atoms with E-state index in [1.54, 1.807) is 0 Å². The van der Waals surface area contributed by atoms with Crippen LogP contribution >= 0.6 is 0 Å². The second kappa shape index (κ2) is 5.23. The first-order chi connectivity index (χ1) is 9.03. The molecule has 19 heavy (non-hydrogen) atoms. The van der Waals surface area contributed by atoms with E-state index in [9.17, 15) is 4.79 Å². The van der Waals surface area contributed by atoms with Crippen molar-refractivity contribution in [3.05, 3.63) is 78.4 Å². The van der Waals surface area contributed by atoms with Crippen LogP contribution in [0.25, 0.3) is 5.57 Å². The van der Waals surface area contributed by atoms with Gasteiger partial charge >= 0.3 is 0 Å². The Balaban J connectivity index is 2.33. The molecule has 0 unspecified atom stereocenters. The SMILES string of the molecule is C=C(c1ccccc1)C(C)(C)C(=O)c1ccccc1. The van der Waals surface area contributed by atoms with Crippen LogP contribution in [-0.4, -0.2) is 5.78 Å². The molecule has 0 atom stereocenters. The highest BCUT2D eigenvalue weighted by molar-refractivity contribution is 6.07. The Bertz CT molecular complexity index is 526. The molecule has 0 aliphatic carbocycles. The first-order valence-electron chi connectivity index (χ1n) is 6.38. The van der Waals surface area contributed by atoms with E-state index in [-0.39, 0.29) is 5.78 Å². The van der Waals surface area contributed by atoms with Crippen LogP contribution in [0.15, 0.2) is 67.2 Å². The summed E-state index contributed by atoms with van der Waals surface area (Å²) < 4.78 is 0. The molecule has 0 amide bonds. The summed E-state index contributed by atoms with van der Waals surface area (Å²) in [4.78, 5) is 12.6. The zero-order valence-corrected chi connectivity index (χ0v) is 11.4. The van der Waals surface area contributed by atoms with Gasteiger partial charge in [-0.3, -0.25) is 4.79 Å². The van der Waals surface area contributed by atoms with Crippen LogP contribution in [0.5, 0.6) is 0 Å². The van der Waals surface area contributed by atoms with Gasteiger partial charge in [0.15, 0.2) is 5.78 Å². The Kier molecular flexibility index (Phi) is 3.66. The molecule has 0 aromatic heterocycles. The molecule has 0 N–H and O–H groups in total. The van der Waals surface area contributed by atoms with Gasteiger partial charge in [0.2, 0.25) is 0 Å². The van der Waals surface area contributed by atoms with Crippen molar-refractivity contribution < 1.29 is 4.79 Å². The van der Waals surface area contributed by atoms with Crippen molar-refractivity contribution in [1.29, 1.82) is 0 Å². The topological polar surface area (TPSA) is 17.1 Å². The van der Waals surface area contributed by atoms with Crippen molar-refractivity contribution in [3.8, 4) is 0 Å². The second-order valence-corrected chi connectivity index (χ2v) is 5.16. The molecule has 0 heterocycles. The molecule has 0 saturated carbocycles. The fourth-order valence-corrected chi connectivity index (χ4v) is 2.09. The lowest BCUT2D eigenvalue weighted by molar-refractivity contribution is 0.0894. The molecular formula is C18H18O. The van der Waals surface area contributed by atoms with E-state index >= 15 is 0 Å². The first kappa shape index (κ1) is 13.3. The van der Waals surface area contributed by atoms with Gasteiger partial charge in [0, 0.05) is 5.56 Å². The molecule has 0 radical (unpaired) electrons. The van der Waals surface area contributed by atoms with Gasteiger partial charge in [-0.25, -0.2) is 0 Å². The van der Waals surface area contributed by atoms with E-state index < -0.39 is 5.41 Å². The molecule has 1 nitrogen and oxygen atoms in total. The van der Waals surface area contributed by atoms with Crippen LogP contribution in [0.4, 0.5) is 0 Å².